The minimum absolute atomic E-state index is 0.214. The Bertz CT molecular complexity index is 222. The molecule has 23 heavy (non-hydrogen) atoms. The highest BCUT2D eigenvalue weighted by molar-refractivity contribution is 4.75. The highest BCUT2D eigenvalue weighted by Crippen LogP contribution is 2.17. The van der Waals surface area contributed by atoms with Gasteiger partial charge in [0.1, 0.15) is 0 Å². The van der Waals surface area contributed by atoms with Crippen molar-refractivity contribution in [1.82, 2.24) is 5.32 Å². The third kappa shape index (κ3) is 18.1. The second kappa shape index (κ2) is 16.8. The summed E-state index contributed by atoms with van der Waals surface area (Å²) in [7, 11) is 0. The van der Waals surface area contributed by atoms with E-state index in [9.17, 15) is 0 Å². The first kappa shape index (κ1) is 23.0. The molecule has 0 atom stereocenters. The van der Waals surface area contributed by atoms with Gasteiger partial charge in [-0.2, -0.15) is 0 Å². The zero-order valence-electron chi connectivity index (χ0n) is 17.0. The predicted molar refractivity (Wildman–Crippen MR) is 106 cm³/mol. The van der Waals surface area contributed by atoms with Gasteiger partial charge in [-0.05, 0) is 20.3 Å². The molecule has 0 aromatic rings. The monoisotopic (exact) mass is 324 g/mol. The van der Waals surface area contributed by atoms with Gasteiger partial charge in [-0.15, -0.1) is 0 Å². The average molecular weight is 325 g/mol. The van der Waals surface area contributed by atoms with Crippen molar-refractivity contribution >= 4 is 0 Å². The Morgan fingerprint density at radius 1 is 0.522 bits per heavy atom. The molecule has 1 nitrogen and oxygen atoms in total. The van der Waals surface area contributed by atoms with Crippen LogP contribution in [0.1, 0.15) is 130 Å². The minimum atomic E-state index is 0.214. The summed E-state index contributed by atoms with van der Waals surface area (Å²) in [4.78, 5) is 0. The summed E-state index contributed by atoms with van der Waals surface area (Å²) in [6, 6.07) is 0. The van der Waals surface area contributed by atoms with E-state index in [0.717, 1.165) is 6.54 Å². The van der Waals surface area contributed by atoms with Gasteiger partial charge in [0.25, 0.3) is 0 Å². The third-order valence-corrected chi connectivity index (χ3v) is 4.98. The summed E-state index contributed by atoms with van der Waals surface area (Å²) < 4.78 is 0. The van der Waals surface area contributed by atoms with Crippen LogP contribution in [0.25, 0.3) is 0 Å². The van der Waals surface area contributed by atoms with E-state index in [2.05, 4.69) is 33.0 Å². The highest BCUT2D eigenvalue weighted by Gasteiger charge is 2.15. The predicted octanol–water partition coefficient (Wildman–Crippen LogP) is 7.65. The van der Waals surface area contributed by atoms with Crippen LogP contribution in [0.4, 0.5) is 0 Å². The van der Waals surface area contributed by atoms with Crippen LogP contribution in [0.2, 0.25) is 0 Å². The van der Waals surface area contributed by atoms with Gasteiger partial charge in [-0.3, -0.25) is 0 Å². The molecule has 0 aliphatic carbocycles. The fraction of sp³-hybridized carbons (Fsp3) is 1.00. The number of unbranched alkanes of at least 4 members (excludes halogenated alkanes) is 14. The summed E-state index contributed by atoms with van der Waals surface area (Å²) >= 11 is 0. The topological polar surface area (TPSA) is 14.1 Å². The molecular weight excluding hydrogens is 278 g/mol. The summed E-state index contributed by atoms with van der Waals surface area (Å²) in [5.74, 6) is 0. The highest BCUT2D eigenvalue weighted by atomic mass is 14.9. The Morgan fingerprint density at radius 2 is 0.870 bits per heavy atom. The summed E-state index contributed by atoms with van der Waals surface area (Å²) in [6.07, 6.45) is 22.9. The fourth-order valence-corrected chi connectivity index (χ4v) is 3.44. The van der Waals surface area contributed by atoms with Crippen molar-refractivity contribution in [3.05, 3.63) is 0 Å². The van der Waals surface area contributed by atoms with Crippen LogP contribution in [0.3, 0.4) is 0 Å². The summed E-state index contributed by atoms with van der Waals surface area (Å²) in [5.41, 5.74) is 0.214. The zero-order valence-corrected chi connectivity index (χ0v) is 17.0. The number of hydrogen-bond acceptors (Lipinski definition) is 0. The SMILES string of the molecule is CCCCCCCCCCCCCCCCCC(C)(C)[N]CC. The van der Waals surface area contributed by atoms with Crippen LogP contribution in [-0.4, -0.2) is 12.1 Å². The summed E-state index contributed by atoms with van der Waals surface area (Å²) in [5, 5.41) is 4.66. The van der Waals surface area contributed by atoms with Crippen LogP contribution in [0.5, 0.6) is 0 Å². The van der Waals surface area contributed by atoms with E-state index in [1.54, 1.807) is 0 Å². The first-order valence-electron chi connectivity index (χ1n) is 10.8. The molecular formula is C22H46N. The van der Waals surface area contributed by atoms with Crippen LogP contribution < -0.4 is 5.32 Å². The maximum Gasteiger partial charge on any atom is 0.0300 e. The Labute approximate surface area is 148 Å². The summed E-state index contributed by atoms with van der Waals surface area (Å²) in [6.45, 7) is 9.96. The molecule has 0 aromatic heterocycles. The van der Waals surface area contributed by atoms with Crippen molar-refractivity contribution in [1.29, 1.82) is 0 Å². The van der Waals surface area contributed by atoms with E-state index in [1.165, 1.54) is 103 Å². The van der Waals surface area contributed by atoms with Gasteiger partial charge < -0.3 is 0 Å². The molecule has 0 saturated carbocycles. The fourth-order valence-electron chi connectivity index (χ4n) is 3.44. The van der Waals surface area contributed by atoms with Crippen molar-refractivity contribution in [2.24, 2.45) is 0 Å². The minimum Gasteiger partial charge on any atom is -0.236 e. The lowest BCUT2D eigenvalue weighted by molar-refractivity contribution is 0.347. The lowest BCUT2D eigenvalue weighted by Crippen LogP contribution is -2.32. The Hall–Kier alpha value is -0.0400. The van der Waals surface area contributed by atoms with Gasteiger partial charge in [0, 0.05) is 12.1 Å². The van der Waals surface area contributed by atoms with Gasteiger partial charge >= 0.3 is 0 Å². The van der Waals surface area contributed by atoms with Gasteiger partial charge in [-0.25, -0.2) is 5.32 Å². The van der Waals surface area contributed by atoms with Crippen molar-refractivity contribution in [2.45, 2.75) is 136 Å². The second-order valence-corrected chi connectivity index (χ2v) is 7.99. The van der Waals surface area contributed by atoms with Crippen LogP contribution >= 0.6 is 0 Å². The molecule has 0 N–H and O–H groups in total. The van der Waals surface area contributed by atoms with Crippen molar-refractivity contribution < 1.29 is 0 Å². The molecule has 0 fully saturated rings. The van der Waals surface area contributed by atoms with Gasteiger partial charge in [0.15, 0.2) is 0 Å². The van der Waals surface area contributed by atoms with E-state index in [1.807, 2.05) is 0 Å². The van der Waals surface area contributed by atoms with Crippen molar-refractivity contribution in [3.8, 4) is 0 Å². The van der Waals surface area contributed by atoms with Gasteiger partial charge in [0.2, 0.25) is 0 Å². The molecule has 1 radical (unpaired) electrons. The van der Waals surface area contributed by atoms with Crippen LogP contribution in [0.15, 0.2) is 0 Å². The number of nitrogens with zero attached hydrogens (tertiary/aromatic N) is 1. The van der Waals surface area contributed by atoms with E-state index in [-0.39, 0.29) is 5.54 Å². The first-order chi connectivity index (χ1) is 11.1. The zero-order chi connectivity index (χ0) is 17.2. The average Bonchev–Trinajstić information content (AvgIpc) is 2.51. The Morgan fingerprint density at radius 3 is 1.22 bits per heavy atom. The lowest BCUT2D eigenvalue weighted by atomic mass is 9.96. The van der Waals surface area contributed by atoms with E-state index < -0.39 is 0 Å². The molecule has 0 unspecified atom stereocenters. The number of rotatable bonds is 18. The molecule has 0 heterocycles. The van der Waals surface area contributed by atoms with Crippen LogP contribution in [0, 0.1) is 0 Å². The first-order valence-corrected chi connectivity index (χ1v) is 10.8. The number of hydrogen-bond donors (Lipinski definition) is 0. The molecule has 0 amide bonds. The molecule has 0 aliphatic heterocycles. The lowest BCUT2D eigenvalue weighted by Gasteiger charge is -2.23. The molecule has 0 saturated heterocycles. The Kier molecular flexibility index (Phi) is 16.8. The van der Waals surface area contributed by atoms with E-state index in [0.29, 0.717) is 0 Å². The van der Waals surface area contributed by atoms with Crippen molar-refractivity contribution in [2.75, 3.05) is 6.54 Å². The third-order valence-electron chi connectivity index (χ3n) is 4.98. The molecule has 0 spiro atoms. The van der Waals surface area contributed by atoms with Crippen LogP contribution in [-0.2, 0) is 0 Å². The second-order valence-electron chi connectivity index (χ2n) is 7.99. The maximum atomic E-state index is 4.66. The quantitative estimate of drug-likeness (QED) is 0.230. The molecule has 0 rings (SSSR count). The van der Waals surface area contributed by atoms with Gasteiger partial charge in [0.05, 0.1) is 0 Å². The molecule has 139 valence electrons. The maximum absolute atomic E-state index is 4.66. The molecule has 0 aromatic carbocycles. The van der Waals surface area contributed by atoms with Gasteiger partial charge in [-0.1, -0.05) is 110 Å². The standard InChI is InChI=1S/C22H46N/c1-5-7-8-9-10-11-12-13-14-15-16-17-18-19-20-21-22(3,4)23-6-2/h5-21H2,1-4H3. The molecule has 0 aliphatic rings. The van der Waals surface area contributed by atoms with E-state index >= 15 is 0 Å². The smallest absolute Gasteiger partial charge is 0.0300 e. The van der Waals surface area contributed by atoms with Crippen molar-refractivity contribution in [3.63, 3.8) is 0 Å². The Balaban J connectivity index is 3.11. The molecule has 1 heteroatoms. The molecule has 0 bridgehead atoms. The largest absolute Gasteiger partial charge is 0.236 e. The van der Waals surface area contributed by atoms with E-state index in [4.69, 9.17) is 0 Å². The normalized spacial score (nSPS) is 12.0.